The Morgan fingerprint density at radius 2 is 0.727 bits per heavy atom. The van der Waals surface area contributed by atoms with Crippen molar-refractivity contribution in [1.29, 1.82) is 0 Å². The number of rotatable bonds is 66. The number of nitrogens with one attached hydrogen (secondary N) is 1. The molecule has 9 nitrogen and oxygen atoms in total. The molecule has 0 aliphatic carbocycles. The maximum Gasteiger partial charge on any atom is 0.306 e. The molecule has 0 heterocycles. The number of quaternary nitrogens is 1. The van der Waals surface area contributed by atoms with Gasteiger partial charge in [0.2, 0.25) is 5.91 Å². The molecule has 0 aliphatic heterocycles. The van der Waals surface area contributed by atoms with Crippen molar-refractivity contribution in [3.8, 4) is 0 Å². The molecule has 0 spiro atoms. The van der Waals surface area contributed by atoms with Crippen molar-refractivity contribution in [3.63, 3.8) is 0 Å². The van der Waals surface area contributed by atoms with Crippen LogP contribution in [-0.4, -0.2) is 69.4 Å². The lowest BCUT2D eigenvalue weighted by Crippen LogP contribution is -2.47. The van der Waals surface area contributed by atoms with Crippen LogP contribution < -0.4 is 10.2 Å². The third-order valence-corrected chi connectivity index (χ3v) is 16.9. The zero-order chi connectivity index (χ0) is 64.2. The second kappa shape index (κ2) is 66.6. The summed E-state index contributed by atoms with van der Waals surface area (Å²) in [6, 6.07) is -0.899. The highest BCUT2D eigenvalue weighted by atomic mass is 31.2. The van der Waals surface area contributed by atoms with Crippen molar-refractivity contribution in [3.05, 3.63) is 109 Å². The van der Waals surface area contributed by atoms with Gasteiger partial charge in [-0.1, -0.05) is 304 Å². The third kappa shape index (κ3) is 67.1. The smallest absolute Gasteiger partial charge is 0.306 e. The van der Waals surface area contributed by atoms with Gasteiger partial charge in [0, 0.05) is 12.8 Å². The quantitative estimate of drug-likeness (QED) is 0.0212. The lowest BCUT2D eigenvalue weighted by atomic mass is 10.0. The van der Waals surface area contributed by atoms with Crippen LogP contribution in [0.1, 0.15) is 323 Å². The number of phosphoric acid groups is 1. The number of ether oxygens (including phenoxy) is 1. The lowest BCUT2D eigenvalue weighted by Gasteiger charge is -2.30. The van der Waals surface area contributed by atoms with Crippen molar-refractivity contribution in [1.82, 2.24) is 5.32 Å². The van der Waals surface area contributed by atoms with Crippen LogP contribution in [0.3, 0.4) is 0 Å². The number of hydrogen-bond donors (Lipinski definition) is 1. The van der Waals surface area contributed by atoms with E-state index in [1.807, 2.05) is 33.3 Å². The molecule has 0 aromatic rings. The second-order valence-corrected chi connectivity index (χ2v) is 27.1. The Morgan fingerprint density at radius 1 is 0.409 bits per heavy atom. The minimum atomic E-state index is -4.71. The zero-order valence-electron chi connectivity index (χ0n) is 58.2. The van der Waals surface area contributed by atoms with Crippen LogP contribution in [0.25, 0.3) is 0 Å². The molecule has 1 N–H and O–H groups in total. The molecule has 88 heavy (non-hydrogen) atoms. The first-order valence-electron chi connectivity index (χ1n) is 36.7. The molecule has 3 unspecified atom stereocenters. The molecule has 3 atom stereocenters. The number of carbonyl (C=O) groups excluding carboxylic acids is 2. The van der Waals surface area contributed by atoms with Gasteiger partial charge < -0.3 is 28.5 Å². The lowest BCUT2D eigenvalue weighted by molar-refractivity contribution is -0.870. The highest BCUT2D eigenvalue weighted by Crippen LogP contribution is 2.38. The van der Waals surface area contributed by atoms with Crippen LogP contribution >= 0.6 is 7.82 Å². The summed E-state index contributed by atoms with van der Waals surface area (Å²) in [6.07, 6.45) is 92.1. The molecule has 0 radical (unpaired) electrons. The van der Waals surface area contributed by atoms with Gasteiger partial charge in [-0.15, -0.1) is 0 Å². The number of hydrogen-bond acceptors (Lipinski definition) is 7. The summed E-state index contributed by atoms with van der Waals surface area (Å²) in [5.74, 6) is -0.546. The fourth-order valence-electron chi connectivity index (χ4n) is 10.3. The Kier molecular flexibility index (Phi) is 64.1. The van der Waals surface area contributed by atoms with E-state index < -0.39 is 26.6 Å². The van der Waals surface area contributed by atoms with Gasteiger partial charge in [0.1, 0.15) is 19.3 Å². The normalized spacial score (nSPS) is 14.1. The fourth-order valence-corrected chi connectivity index (χ4v) is 11.0. The van der Waals surface area contributed by atoms with Crippen molar-refractivity contribution < 1.29 is 37.3 Å². The summed E-state index contributed by atoms with van der Waals surface area (Å²) in [7, 11) is 1.18. The summed E-state index contributed by atoms with van der Waals surface area (Å²) in [5.41, 5.74) is 0. The van der Waals surface area contributed by atoms with Crippen LogP contribution in [0.5, 0.6) is 0 Å². The van der Waals surface area contributed by atoms with Crippen LogP contribution in [0.15, 0.2) is 109 Å². The number of likely N-dealkylation sites (N-methyl/N-ethyl adjacent to an activating group) is 1. The minimum absolute atomic E-state index is 0.0275. The first kappa shape index (κ1) is 84.7. The molecule has 0 bridgehead atoms. The maximum absolute atomic E-state index is 13.6. The van der Waals surface area contributed by atoms with E-state index in [2.05, 4.69) is 123 Å². The molecule has 1 amide bonds. The van der Waals surface area contributed by atoms with Gasteiger partial charge in [-0.2, -0.15) is 0 Å². The van der Waals surface area contributed by atoms with E-state index in [9.17, 15) is 19.0 Å². The Morgan fingerprint density at radius 3 is 1.11 bits per heavy atom. The van der Waals surface area contributed by atoms with Crippen LogP contribution in [0, 0.1) is 0 Å². The molecule has 508 valence electrons. The highest BCUT2D eigenvalue weighted by Gasteiger charge is 2.27. The molecule has 0 aliphatic rings. The van der Waals surface area contributed by atoms with Gasteiger partial charge in [-0.25, -0.2) is 0 Å². The van der Waals surface area contributed by atoms with Gasteiger partial charge in [0.05, 0.1) is 33.8 Å². The zero-order valence-corrected chi connectivity index (χ0v) is 59.0. The topological polar surface area (TPSA) is 114 Å². The fraction of sp³-hybridized carbons (Fsp3) is 0.744. The highest BCUT2D eigenvalue weighted by molar-refractivity contribution is 7.45. The summed E-state index contributed by atoms with van der Waals surface area (Å²) in [4.78, 5) is 40.2. The standard InChI is InChI=1S/C78H139N2O7P/c1-7-10-13-16-19-22-25-28-30-32-34-36-38-39-40-41-43-45-47-49-51-53-56-59-62-65-68-71-78(82)87-76(69-66-63-60-57-54-27-24-21-18-15-12-9-3)75(74-86-88(83,84)85-73-72-80(4,5)6)79-77(81)70-67-64-61-58-55-52-50-48-46-44-42-37-35-33-31-29-26-23-20-17-14-11-8-2/h10,13,19-20,22-23,28-31,34-37,39-40,66,69,75-76H,7-9,11-12,14-18,21,24-27,32-33,38,41-65,67-68,70-74H2,1-6H3,(H-,79,81,83,84)/b13-10-,22-19-,23-20-,30-28-,31-29-,36-34-,37-35-,40-39-,69-66+. The summed E-state index contributed by atoms with van der Waals surface area (Å²) in [5, 5.41) is 3.04. The number of phosphoric ester groups is 1. The van der Waals surface area contributed by atoms with Crippen molar-refractivity contribution >= 4 is 19.7 Å². The molecule has 0 saturated carbocycles. The molecule has 0 aromatic carbocycles. The minimum Gasteiger partial charge on any atom is -0.756 e. The van der Waals surface area contributed by atoms with E-state index in [0.717, 1.165) is 122 Å². The van der Waals surface area contributed by atoms with E-state index in [4.69, 9.17) is 13.8 Å². The van der Waals surface area contributed by atoms with Crippen LogP contribution in [0.2, 0.25) is 0 Å². The summed E-state index contributed by atoms with van der Waals surface area (Å²) >= 11 is 0. The molecule has 0 saturated heterocycles. The third-order valence-electron chi connectivity index (χ3n) is 15.9. The van der Waals surface area contributed by atoms with Crippen molar-refractivity contribution in [2.24, 2.45) is 0 Å². The van der Waals surface area contributed by atoms with E-state index >= 15 is 0 Å². The average Bonchev–Trinajstić information content (AvgIpc) is 3.61. The van der Waals surface area contributed by atoms with Gasteiger partial charge in [0.15, 0.2) is 0 Å². The van der Waals surface area contributed by atoms with E-state index in [0.29, 0.717) is 17.4 Å². The predicted octanol–water partition coefficient (Wildman–Crippen LogP) is 23.0. The maximum atomic E-state index is 13.6. The van der Waals surface area contributed by atoms with Crippen LogP contribution in [-0.2, 0) is 27.9 Å². The first-order chi connectivity index (χ1) is 42.9. The Labute approximate surface area is 544 Å². The molecule has 0 fully saturated rings. The van der Waals surface area contributed by atoms with Crippen molar-refractivity contribution in [2.75, 3.05) is 40.9 Å². The number of esters is 1. The Hall–Kier alpha value is -3.33. The number of carbonyl (C=O) groups is 2. The predicted molar refractivity (Wildman–Crippen MR) is 381 cm³/mol. The second-order valence-electron chi connectivity index (χ2n) is 25.7. The number of nitrogens with zero attached hydrogens (tertiary/aromatic N) is 1. The molecular formula is C78H139N2O7P. The van der Waals surface area contributed by atoms with E-state index in [1.54, 1.807) is 0 Å². The van der Waals surface area contributed by atoms with Gasteiger partial charge in [-0.05, 0) is 115 Å². The van der Waals surface area contributed by atoms with Gasteiger partial charge in [-0.3, -0.25) is 14.2 Å². The number of amides is 1. The first-order valence-corrected chi connectivity index (χ1v) is 38.2. The molecular weight excluding hydrogens is 1110 g/mol. The van der Waals surface area contributed by atoms with Gasteiger partial charge in [0.25, 0.3) is 7.82 Å². The van der Waals surface area contributed by atoms with Crippen LogP contribution in [0.4, 0.5) is 0 Å². The summed E-state index contributed by atoms with van der Waals surface area (Å²) in [6.45, 7) is 6.72. The molecule has 0 aromatic heterocycles. The van der Waals surface area contributed by atoms with Gasteiger partial charge >= 0.3 is 5.97 Å². The largest absolute Gasteiger partial charge is 0.756 e. The van der Waals surface area contributed by atoms with Crippen molar-refractivity contribution in [2.45, 2.75) is 335 Å². The monoisotopic (exact) mass is 1250 g/mol. The Balaban J connectivity index is 5.04. The number of allylic oxidation sites excluding steroid dienone is 17. The van der Waals surface area contributed by atoms with E-state index in [-0.39, 0.29) is 24.9 Å². The number of unbranched alkanes of at least 4 members (excludes halogenated alkanes) is 34. The molecule has 0 rings (SSSR count). The average molecular weight is 1250 g/mol. The Bertz CT molecular complexity index is 1870. The SMILES string of the molecule is CC/C=C\C/C=C\C/C=C\C/C=C\C/C=C\CCCCCCCCCCCCCC(=O)OC(/C=C/CCCCCCCCCCCC)C(COP(=O)([O-])OCC[N+](C)(C)C)NC(=O)CCCCCCCCCCCC/C=C\C/C=C\C/C=C\CCCCC. The molecule has 10 heteroatoms. The summed E-state index contributed by atoms with van der Waals surface area (Å²) < 4.78 is 30.5. The van der Waals surface area contributed by atoms with E-state index in [1.165, 1.54) is 167 Å².